The van der Waals surface area contributed by atoms with Crippen LogP contribution in [0, 0.1) is 5.82 Å². The summed E-state index contributed by atoms with van der Waals surface area (Å²) in [5, 5.41) is 7.95. The number of sulfonamides is 1. The molecule has 5 nitrogen and oxygen atoms in total. The third kappa shape index (κ3) is 4.01. The van der Waals surface area contributed by atoms with Gasteiger partial charge >= 0.3 is 0 Å². The van der Waals surface area contributed by atoms with Gasteiger partial charge < -0.3 is 10.1 Å². The molecule has 0 saturated carbocycles. The normalized spacial score (nSPS) is 11.4. The van der Waals surface area contributed by atoms with Crippen molar-refractivity contribution in [2.24, 2.45) is 5.14 Å². The van der Waals surface area contributed by atoms with Crippen LogP contribution in [0.25, 0.3) is 0 Å². The maximum Gasteiger partial charge on any atom is 0.238 e. The highest BCUT2D eigenvalue weighted by molar-refractivity contribution is 7.89. The lowest BCUT2D eigenvalue weighted by atomic mass is 10.2. The highest BCUT2D eigenvalue weighted by Crippen LogP contribution is 2.26. The van der Waals surface area contributed by atoms with Crippen LogP contribution in [0.1, 0.15) is 5.56 Å². The van der Waals surface area contributed by atoms with Crippen LogP contribution in [0.2, 0.25) is 0 Å². The minimum absolute atomic E-state index is 0.0660. The first-order valence-corrected chi connectivity index (χ1v) is 7.68. The summed E-state index contributed by atoms with van der Waals surface area (Å²) in [4.78, 5) is -0.295. The number of nitrogens with one attached hydrogen (secondary N) is 1. The number of rotatable bonds is 5. The van der Waals surface area contributed by atoms with Gasteiger partial charge in [0.1, 0.15) is 5.75 Å². The zero-order chi connectivity index (χ0) is 15.5. The average molecular weight is 310 g/mol. The van der Waals surface area contributed by atoms with Gasteiger partial charge in [0.05, 0.1) is 4.90 Å². The molecule has 0 spiro atoms. The second-order valence-corrected chi connectivity index (χ2v) is 5.98. The number of hydrogen-bond donors (Lipinski definition) is 2. The summed E-state index contributed by atoms with van der Waals surface area (Å²) in [6, 6.07) is 10.4. The highest BCUT2D eigenvalue weighted by Gasteiger charge is 2.12. The Labute approximate surface area is 122 Å². The molecule has 0 heterocycles. The molecule has 112 valence electrons. The monoisotopic (exact) mass is 310 g/mol. The standard InChI is InChI=1S/C14H15FN2O3S/c1-17-9-10-2-4-11(5-3-10)20-14-7-6-12(8-13(14)15)21(16,18)19/h2-8,17H,9H2,1H3,(H2,16,18,19). The van der Waals surface area contributed by atoms with Crippen LogP contribution in [0.3, 0.4) is 0 Å². The summed E-state index contributed by atoms with van der Waals surface area (Å²) in [5.41, 5.74) is 1.06. The van der Waals surface area contributed by atoms with E-state index in [1.54, 1.807) is 12.1 Å². The minimum atomic E-state index is -3.93. The van der Waals surface area contributed by atoms with Crippen LogP contribution >= 0.6 is 0 Å². The van der Waals surface area contributed by atoms with Crippen molar-refractivity contribution in [1.29, 1.82) is 0 Å². The second-order valence-electron chi connectivity index (χ2n) is 4.41. The van der Waals surface area contributed by atoms with Crippen molar-refractivity contribution in [2.75, 3.05) is 7.05 Å². The fourth-order valence-electron chi connectivity index (χ4n) is 1.75. The minimum Gasteiger partial charge on any atom is -0.454 e. The van der Waals surface area contributed by atoms with Gasteiger partial charge in [-0.1, -0.05) is 12.1 Å². The molecule has 2 aromatic rings. The molecule has 0 aliphatic rings. The fourth-order valence-corrected chi connectivity index (χ4v) is 2.27. The Bertz CT molecular complexity index is 730. The van der Waals surface area contributed by atoms with Crippen molar-refractivity contribution < 1.29 is 17.5 Å². The number of halogens is 1. The van der Waals surface area contributed by atoms with Crippen molar-refractivity contribution in [3.8, 4) is 11.5 Å². The Balaban J connectivity index is 2.20. The summed E-state index contributed by atoms with van der Waals surface area (Å²) in [6.07, 6.45) is 0. The maximum absolute atomic E-state index is 13.8. The Morgan fingerprint density at radius 2 is 1.86 bits per heavy atom. The van der Waals surface area contributed by atoms with Crippen molar-refractivity contribution in [3.05, 3.63) is 53.8 Å². The van der Waals surface area contributed by atoms with E-state index in [2.05, 4.69) is 5.32 Å². The van der Waals surface area contributed by atoms with E-state index in [4.69, 9.17) is 9.88 Å². The first kappa shape index (κ1) is 15.4. The molecule has 0 unspecified atom stereocenters. The molecule has 0 aliphatic heterocycles. The molecule has 2 rings (SSSR count). The molecule has 2 aromatic carbocycles. The van der Waals surface area contributed by atoms with E-state index in [-0.39, 0.29) is 10.6 Å². The van der Waals surface area contributed by atoms with Gasteiger partial charge in [-0.25, -0.2) is 17.9 Å². The van der Waals surface area contributed by atoms with Gasteiger partial charge in [0.25, 0.3) is 0 Å². The van der Waals surface area contributed by atoms with Gasteiger partial charge in [0, 0.05) is 6.54 Å². The maximum atomic E-state index is 13.8. The molecular weight excluding hydrogens is 295 g/mol. The number of ether oxygens (including phenoxy) is 1. The Morgan fingerprint density at radius 3 is 2.38 bits per heavy atom. The Hall–Kier alpha value is -1.96. The van der Waals surface area contributed by atoms with Gasteiger partial charge in [-0.3, -0.25) is 0 Å². The summed E-state index contributed by atoms with van der Waals surface area (Å²) in [7, 11) is -2.09. The zero-order valence-electron chi connectivity index (χ0n) is 11.3. The third-order valence-corrected chi connectivity index (χ3v) is 3.67. The molecule has 7 heteroatoms. The summed E-state index contributed by atoms with van der Waals surface area (Å²) >= 11 is 0. The topological polar surface area (TPSA) is 81.4 Å². The van der Waals surface area contributed by atoms with E-state index in [0.29, 0.717) is 5.75 Å². The number of primary sulfonamides is 1. The molecule has 0 aromatic heterocycles. The Morgan fingerprint density at radius 1 is 1.19 bits per heavy atom. The number of hydrogen-bond acceptors (Lipinski definition) is 4. The predicted molar refractivity (Wildman–Crippen MR) is 77.1 cm³/mol. The van der Waals surface area contributed by atoms with E-state index in [0.717, 1.165) is 18.2 Å². The molecular formula is C14H15FN2O3S. The highest BCUT2D eigenvalue weighted by atomic mass is 32.2. The molecule has 0 amide bonds. The van der Waals surface area contributed by atoms with Crippen LogP contribution in [0.4, 0.5) is 4.39 Å². The van der Waals surface area contributed by atoms with Crippen molar-refractivity contribution in [1.82, 2.24) is 5.32 Å². The lowest BCUT2D eigenvalue weighted by Crippen LogP contribution is -2.12. The van der Waals surface area contributed by atoms with Crippen molar-refractivity contribution in [3.63, 3.8) is 0 Å². The van der Waals surface area contributed by atoms with Gasteiger partial charge in [0.2, 0.25) is 10.0 Å². The first-order valence-electron chi connectivity index (χ1n) is 6.14. The molecule has 3 N–H and O–H groups in total. The molecule has 0 fully saturated rings. The zero-order valence-corrected chi connectivity index (χ0v) is 12.2. The molecule has 0 radical (unpaired) electrons. The number of benzene rings is 2. The van der Waals surface area contributed by atoms with Crippen molar-refractivity contribution in [2.45, 2.75) is 11.4 Å². The van der Waals surface area contributed by atoms with Crippen LogP contribution in [-0.4, -0.2) is 15.5 Å². The van der Waals surface area contributed by atoms with E-state index in [1.807, 2.05) is 19.2 Å². The molecule has 0 bridgehead atoms. The van der Waals surface area contributed by atoms with E-state index >= 15 is 0 Å². The van der Waals surface area contributed by atoms with E-state index in [9.17, 15) is 12.8 Å². The smallest absolute Gasteiger partial charge is 0.238 e. The summed E-state index contributed by atoms with van der Waals surface area (Å²) in [6.45, 7) is 0.720. The average Bonchev–Trinajstić information content (AvgIpc) is 2.42. The fraction of sp³-hybridized carbons (Fsp3) is 0.143. The summed E-state index contributed by atoms with van der Waals surface area (Å²) in [5.74, 6) is -0.401. The molecule has 0 aliphatic carbocycles. The van der Waals surface area contributed by atoms with Crippen LogP contribution in [0.5, 0.6) is 11.5 Å². The third-order valence-electron chi connectivity index (χ3n) is 2.76. The largest absolute Gasteiger partial charge is 0.454 e. The summed E-state index contributed by atoms with van der Waals surface area (Å²) < 4.78 is 41.4. The van der Waals surface area contributed by atoms with Crippen LogP contribution in [-0.2, 0) is 16.6 Å². The Kier molecular flexibility index (Phi) is 4.56. The van der Waals surface area contributed by atoms with Gasteiger partial charge in [-0.15, -0.1) is 0 Å². The lowest BCUT2D eigenvalue weighted by molar-refractivity contribution is 0.440. The molecule has 21 heavy (non-hydrogen) atoms. The predicted octanol–water partition coefficient (Wildman–Crippen LogP) is 1.98. The second kappa shape index (κ2) is 6.21. The number of nitrogens with two attached hydrogens (primary N) is 1. The van der Waals surface area contributed by atoms with E-state index < -0.39 is 15.8 Å². The molecule has 0 saturated heterocycles. The first-order chi connectivity index (χ1) is 9.90. The van der Waals surface area contributed by atoms with E-state index in [1.165, 1.54) is 12.1 Å². The van der Waals surface area contributed by atoms with Crippen molar-refractivity contribution >= 4 is 10.0 Å². The van der Waals surface area contributed by atoms with Crippen LogP contribution < -0.4 is 15.2 Å². The van der Waals surface area contributed by atoms with Gasteiger partial charge in [0.15, 0.2) is 11.6 Å². The quantitative estimate of drug-likeness (QED) is 0.885. The SMILES string of the molecule is CNCc1ccc(Oc2ccc(S(N)(=O)=O)cc2F)cc1. The van der Waals surface area contributed by atoms with Crippen LogP contribution in [0.15, 0.2) is 47.4 Å². The van der Waals surface area contributed by atoms with Gasteiger partial charge in [-0.05, 0) is 42.9 Å². The molecule has 0 atom stereocenters. The lowest BCUT2D eigenvalue weighted by Gasteiger charge is -2.08. The van der Waals surface area contributed by atoms with Gasteiger partial charge in [-0.2, -0.15) is 0 Å².